The summed E-state index contributed by atoms with van der Waals surface area (Å²) in [6.45, 7) is 2.03. The van der Waals surface area contributed by atoms with Crippen LogP contribution in [0.5, 0.6) is 0 Å². The zero-order chi connectivity index (χ0) is 14.4. The van der Waals surface area contributed by atoms with Crippen LogP contribution in [-0.2, 0) is 9.84 Å². The van der Waals surface area contributed by atoms with Crippen LogP contribution in [-0.4, -0.2) is 22.9 Å². The highest BCUT2D eigenvalue weighted by atomic mass is 32.2. The van der Waals surface area contributed by atoms with Crippen molar-refractivity contribution in [2.24, 2.45) is 0 Å². The fourth-order valence-electron chi connectivity index (χ4n) is 1.71. The van der Waals surface area contributed by atoms with Gasteiger partial charge >= 0.3 is 6.55 Å². The van der Waals surface area contributed by atoms with E-state index in [0.29, 0.717) is 10.1 Å². The van der Waals surface area contributed by atoms with E-state index in [2.05, 4.69) is 5.10 Å². The highest BCUT2D eigenvalue weighted by Crippen LogP contribution is 2.28. The van der Waals surface area contributed by atoms with Gasteiger partial charge in [-0.25, -0.2) is 13.1 Å². The van der Waals surface area contributed by atoms with Crippen molar-refractivity contribution in [2.45, 2.75) is 37.0 Å². The van der Waals surface area contributed by atoms with Crippen LogP contribution < -0.4 is 0 Å². The molecule has 0 fully saturated rings. The van der Waals surface area contributed by atoms with Gasteiger partial charge in [0.1, 0.15) is 0 Å². The van der Waals surface area contributed by atoms with Crippen molar-refractivity contribution in [3.05, 3.63) is 24.4 Å². The van der Waals surface area contributed by atoms with Crippen LogP contribution in [0.2, 0.25) is 0 Å². The number of sulfone groups is 1. The Bertz CT molecular complexity index is 715. The summed E-state index contributed by atoms with van der Waals surface area (Å²) < 4.78 is 49.4. The Morgan fingerprint density at radius 2 is 1.89 bits per heavy atom. The van der Waals surface area contributed by atoms with Crippen molar-refractivity contribution in [3.63, 3.8) is 0 Å². The number of hydrogen-bond donors (Lipinski definition) is 0. The van der Waals surface area contributed by atoms with Crippen LogP contribution in [0.4, 0.5) is 8.78 Å². The van der Waals surface area contributed by atoms with Crippen molar-refractivity contribution >= 4 is 20.7 Å². The predicted molar refractivity (Wildman–Crippen MR) is 67.9 cm³/mol. The smallest absolute Gasteiger partial charge is 0.223 e. The Labute approximate surface area is 110 Å². The van der Waals surface area contributed by atoms with Gasteiger partial charge in [-0.2, -0.15) is 13.9 Å². The SMILES string of the molecule is CC(C)(C)S(=O)(=O)c1ccc2c(cnn2C(F)F)c1. The minimum Gasteiger partial charge on any atom is -0.223 e. The molecule has 0 aliphatic carbocycles. The first kappa shape index (κ1) is 13.9. The van der Waals surface area contributed by atoms with Crippen molar-refractivity contribution in [1.29, 1.82) is 0 Å². The average molecular weight is 288 g/mol. The first-order chi connectivity index (χ1) is 8.64. The molecule has 0 amide bonds. The van der Waals surface area contributed by atoms with Gasteiger partial charge in [0.05, 0.1) is 21.4 Å². The molecule has 1 aromatic carbocycles. The van der Waals surface area contributed by atoms with E-state index in [-0.39, 0.29) is 10.4 Å². The Morgan fingerprint density at radius 1 is 1.26 bits per heavy atom. The van der Waals surface area contributed by atoms with Gasteiger partial charge in [0.15, 0.2) is 9.84 Å². The predicted octanol–water partition coefficient (Wildman–Crippen LogP) is 3.00. The summed E-state index contributed by atoms with van der Waals surface area (Å²) in [4.78, 5) is 0.112. The Morgan fingerprint density at radius 3 is 2.42 bits per heavy atom. The lowest BCUT2D eigenvalue weighted by atomic mass is 10.2. The maximum absolute atomic E-state index is 12.6. The van der Waals surface area contributed by atoms with Crippen LogP contribution in [0, 0.1) is 0 Å². The molecule has 0 saturated heterocycles. The summed E-state index contributed by atoms with van der Waals surface area (Å²) in [6.07, 6.45) is 1.24. The van der Waals surface area contributed by atoms with E-state index in [1.807, 2.05) is 0 Å². The standard InChI is InChI=1S/C12H14F2N2O2S/c1-12(2,3)19(17,18)9-4-5-10-8(6-9)7-15-16(10)11(13)14/h4-7,11H,1-3H3. The Balaban J connectivity index is 2.62. The lowest BCUT2D eigenvalue weighted by Crippen LogP contribution is -2.27. The summed E-state index contributed by atoms with van der Waals surface area (Å²) >= 11 is 0. The third kappa shape index (κ3) is 2.22. The van der Waals surface area contributed by atoms with Crippen LogP contribution in [0.15, 0.2) is 29.3 Å². The van der Waals surface area contributed by atoms with Gasteiger partial charge in [-0.15, -0.1) is 0 Å². The topological polar surface area (TPSA) is 52.0 Å². The molecule has 1 aromatic heterocycles. The third-order valence-corrected chi connectivity index (χ3v) is 5.36. The van der Waals surface area contributed by atoms with E-state index in [1.54, 1.807) is 20.8 Å². The number of rotatable bonds is 2. The molecule has 0 aliphatic heterocycles. The number of halogens is 2. The quantitative estimate of drug-likeness (QED) is 0.853. The fraction of sp³-hybridized carbons (Fsp3) is 0.417. The molecule has 2 aromatic rings. The molecule has 1 heterocycles. The lowest BCUT2D eigenvalue weighted by molar-refractivity contribution is 0.0615. The molecule has 0 N–H and O–H groups in total. The molecular formula is C12H14F2N2O2S. The van der Waals surface area contributed by atoms with Gasteiger partial charge in [0.25, 0.3) is 0 Å². The zero-order valence-corrected chi connectivity index (χ0v) is 11.6. The number of hydrogen-bond acceptors (Lipinski definition) is 3. The van der Waals surface area contributed by atoms with Gasteiger partial charge in [-0.1, -0.05) is 0 Å². The number of alkyl halides is 2. The Kier molecular flexibility index (Phi) is 3.12. The minimum atomic E-state index is -3.50. The van der Waals surface area contributed by atoms with Gasteiger partial charge in [0.2, 0.25) is 0 Å². The molecule has 7 heteroatoms. The van der Waals surface area contributed by atoms with E-state index >= 15 is 0 Å². The van der Waals surface area contributed by atoms with E-state index in [1.165, 1.54) is 24.4 Å². The molecule has 0 bridgehead atoms. The summed E-state index contributed by atoms with van der Waals surface area (Å²) in [5, 5.41) is 3.93. The van der Waals surface area contributed by atoms with Gasteiger partial charge in [-0.05, 0) is 39.0 Å². The van der Waals surface area contributed by atoms with Crippen molar-refractivity contribution in [3.8, 4) is 0 Å². The summed E-state index contributed by atoms with van der Waals surface area (Å²) in [5.74, 6) is 0. The molecule has 4 nitrogen and oxygen atoms in total. The molecule has 0 saturated carbocycles. The summed E-state index contributed by atoms with van der Waals surface area (Å²) in [6, 6.07) is 4.07. The number of nitrogens with zero attached hydrogens (tertiary/aromatic N) is 2. The maximum atomic E-state index is 12.6. The second-order valence-corrected chi connectivity index (χ2v) is 7.91. The Hall–Kier alpha value is -1.50. The second kappa shape index (κ2) is 4.26. The highest BCUT2D eigenvalue weighted by molar-refractivity contribution is 7.92. The first-order valence-corrected chi connectivity index (χ1v) is 7.13. The molecule has 0 atom stereocenters. The van der Waals surface area contributed by atoms with E-state index in [9.17, 15) is 17.2 Å². The van der Waals surface area contributed by atoms with Gasteiger partial charge < -0.3 is 0 Å². The molecule has 104 valence electrons. The highest BCUT2D eigenvalue weighted by Gasteiger charge is 2.31. The number of aromatic nitrogens is 2. The van der Waals surface area contributed by atoms with Crippen LogP contribution >= 0.6 is 0 Å². The molecule has 0 radical (unpaired) electrons. The number of benzene rings is 1. The van der Waals surface area contributed by atoms with E-state index in [4.69, 9.17) is 0 Å². The lowest BCUT2D eigenvalue weighted by Gasteiger charge is -2.19. The summed E-state index contributed by atoms with van der Waals surface area (Å²) in [5.41, 5.74) is 0.211. The van der Waals surface area contributed by atoms with Crippen LogP contribution in [0.3, 0.4) is 0 Å². The molecule has 0 spiro atoms. The van der Waals surface area contributed by atoms with Crippen molar-refractivity contribution < 1.29 is 17.2 Å². The van der Waals surface area contributed by atoms with Crippen molar-refractivity contribution in [2.75, 3.05) is 0 Å². The monoisotopic (exact) mass is 288 g/mol. The third-order valence-electron chi connectivity index (χ3n) is 2.87. The molecule has 0 unspecified atom stereocenters. The largest absolute Gasteiger partial charge is 0.333 e. The minimum absolute atomic E-state index is 0.112. The van der Waals surface area contributed by atoms with Gasteiger partial charge in [0, 0.05) is 5.39 Å². The molecular weight excluding hydrogens is 274 g/mol. The van der Waals surface area contributed by atoms with E-state index in [0.717, 1.165) is 0 Å². The zero-order valence-electron chi connectivity index (χ0n) is 10.8. The normalized spacial score (nSPS) is 13.4. The molecule has 19 heavy (non-hydrogen) atoms. The average Bonchev–Trinajstić information content (AvgIpc) is 2.69. The van der Waals surface area contributed by atoms with Gasteiger partial charge in [-0.3, -0.25) is 0 Å². The number of fused-ring (bicyclic) bond motifs is 1. The second-order valence-electron chi connectivity index (χ2n) is 5.20. The molecule has 2 rings (SSSR count). The summed E-state index contributed by atoms with van der Waals surface area (Å²) in [7, 11) is -3.50. The fourth-order valence-corrected chi connectivity index (χ4v) is 2.94. The van der Waals surface area contributed by atoms with Crippen LogP contribution in [0.1, 0.15) is 27.3 Å². The molecule has 0 aliphatic rings. The van der Waals surface area contributed by atoms with E-state index < -0.39 is 21.1 Å². The van der Waals surface area contributed by atoms with Crippen molar-refractivity contribution in [1.82, 2.24) is 9.78 Å². The first-order valence-electron chi connectivity index (χ1n) is 5.64. The van der Waals surface area contributed by atoms with Crippen LogP contribution in [0.25, 0.3) is 10.9 Å². The maximum Gasteiger partial charge on any atom is 0.333 e.